The third-order valence-corrected chi connectivity index (χ3v) is 10.9. The topological polar surface area (TPSA) is 115 Å². The predicted octanol–water partition coefficient (Wildman–Crippen LogP) is 2.48. The SMILES string of the molecule is CCOCCn1c(=NC(=O)C2CCCN2S(=O)(=O)c2cccs2)sc2cc(S(C)(=O)=O)ccc21. The maximum absolute atomic E-state index is 13.2. The Kier molecular flexibility index (Phi) is 7.41. The first-order valence-corrected chi connectivity index (χ1v) is 15.7. The minimum absolute atomic E-state index is 0.181. The van der Waals surface area contributed by atoms with Crippen molar-refractivity contribution in [2.45, 2.75) is 41.5 Å². The Morgan fingerprint density at radius 2 is 2.03 bits per heavy atom. The van der Waals surface area contributed by atoms with Gasteiger partial charge >= 0.3 is 0 Å². The number of benzene rings is 1. The molecule has 3 heterocycles. The third-order valence-electron chi connectivity index (χ3n) is 5.50. The maximum atomic E-state index is 13.2. The highest BCUT2D eigenvalue weighted by atomic mass is 32.2. The number of thiophene rings is 1. The summed E-state index contributed by atoms with van der Waals surface area (Å²) in [7, 11) is -7.17. The molecule has 1 unspecified atom stereocenters. The lowest BCUT2D eigenvalue weighted by Crippen LogP contribution is -2.40. The van der Waals surface area contributed by atoms with Crippen LogP contribution < -0.4 is 4.80 Å². The van der Waals surface area contributed by atoms with Crippen LogP contribution in [0.2, 0.25) is 0 Å². The molecule has 3 aromatic rings. The summed E-state index contributed by atoms with van der Waals surface area (Å²) in [4.78, 5) is 18.1. The number of hydrogen-bond donors (Lipinski definition) is 0. The van der Waals surface area contributed by atoms with E-state index in [-0.39, 0.29) is 15.6 Å². The lowest BCUT2D eigenvalue weighted by molar-refractivity contribution is -0.121. The number of thiazole rings is 1. The molecule has 2 aromatic heterocycles. The number of aromatic nitrogens is 1. The number of fused-ring (bicyclic) bond motifs is 1. The first-order chi connectivity index (χ1) is 16.1. The predicted molar refractivity (Wildman–Crippen MR) is 131 cm³/mol. The number of nitrogens with zero attached hydrogens (tertiary/aromatic N) is 3. The number of ether oxygens (including phenoxy) is 1. The summed E-state index contributed by atoms with van der Waals surface area (Å²) in [6.07, 6.45) is 2.11. The van der Waals surface area contributed by atoms with Crippen LogP contribution >= 0.6 is 22.7 Å². The van der Waals surface area contributed by atoms with Crippen LogP contribution in [0.25, 0.3) is 10.2 Å². The zero-order chi connectivity index (χ0) is 24.5. The van der Waals surface area contributed by atoms with Crippen LogP contribution in [0.15, 0.2) is 49.8 Å². The van der Waals surface area contributed by atoms with Crippen LogP contribution in [0, 0.1) is 0 Å². The van der Waals surface area contributed by atoms with Gasteiger partial charge in [-0.3, -0.25) is 4.79 Å². The molecule has 1 saturated heterocycles. The lowest BCUT2D eigenvalue weighted by atomic mass is 10.2. The van der Waals surface area contributed by atoms with E-state index in [1.807, 2.05) is 11.5 Å². The number of carbonyl (C=O) groups excluding carboxylic acids is 1. The average Bonchev–Trinajstić information content (AvgIpc) is 3.53. The lowest BCUT2D eigenvalue weighted by Gasteiger charge is -2.20. The van der Waals surface area contributed by atoms with E-state index >= 15 is 0 Å². The molecule has 1 aliphatic heterocycles. The Morgan fingerprint density at radius 1 is 1.24 bits per heavy atom. The molecule has 0 spiro atoms. The van der Waals surface area contributed by atoms with E-state index in [0.29, 0.717) is 42.1 Å². The number of carbonyl (C=O) groups is 1. The van der Waals surface area contributed by atoms with Crippen molar-refractivity contribution in [2.75, 3.05) is 26.0 Å². The van der Waals surface area contributed by atoms with Gasteiger partial charge in [0.2, 0.25) is 0 Å². The van der Waals surface area contributed by atoms with Gasteiger partial charge in [-0.25, -0.2) is 16.8 Å². The quantitative estimate of drug-likeness (QED) is 0.403. The molecule has 34 heavy (non-hydrogen) atoms. The fraction of sp³-hybridized carbons (Fsp3) is 0.429. The molecule has 184 valence electrons. The molecule has 0 aliphatic carbocycles. The summed E-state index contributed by atoms with van der Waals surface area (Å²) in [5.74, 6) is -0.530. The van der Waals surface area contributed by atoms with Gasteiger partial charge < -0.3 is 9.30 Å². The molecule has 0 N–H and O–H groups in total. The Bertz CT molecular complexity index is 1470. The molecular weight excluding hydrogens is 519 g/mol. The van der Waals surface area contributed by atoms with Gasteiger partial charge in [0.15, 0.2) is 14.6 Å². The molecule has 0 radical (unpaired) electrons. The van der Waals surface area contributed by atoms with E-state index in [1.165, 1.54) is 27.8 Å². The van der Waals surface area contributed by atoms with Gasteiger partial charge in [0.1, 0.15) is 10.3 Å². The number of hydrogen-bond acceptors (Lipinski definition) is 8. The fourth-order valence-electron chi connectivity index (χ4n) is 3.86. The molecule has 0 saturated carbocycles. The van der Waals surface area contributed by atoms with Gasteiger partial charge in [-0.2, -0.15) is 9.30 Å². The van der Waals surface area contributed by atoms with Crippen molar-refractivity contribution in [3.8, 4) is 0 Å². The van der Waals surface area contributed by atoms with E-state index in [9.17, 15) is 21.6 Å². The summed E-state index contributed by atoms with van der Waals surface area (Å²) in [5.41, 5.74) is 0.734. The van der Waals surface area contributed by atoms with Crippen molar-refractivity contribution in [1.82, 2.24) is 8.87 Å². The van der Waals surface area contributed by atoms with Crippen molar-refractivity contribution < 1.29 is 26.4 Å². The van der Waals surface area contributed by atoms with Crippen LogP contribution in [0.3, 0.4) is 0 Å². The highest BCUT2D eigenvalue weighted by Gasteiger charge is 2.40. The van der Waals surface area contributed by atoms with Gasteiger partial charge in [-0.15, -0.1) is 11.3 Å². The highest BCUT2D eigenvalue weighted by Crippen LogP contribution is 2.29. The van der Waals surface area contributed by atoms with Crippen LogP contribution in [0.5, 0.6) is 0 Å². The van der Waals surface area contributed by atoms with Crippen LogP contribution in [-0.2, 0) is 35.9 Å². The molecule has 9 nitrogen and oxygen atoms in total. The number of sulfone groups is 1. The summed E-state index contributed by atoms with van der Waals surface area (Å²) in [6, 6.07) is 7.12. The van der Waals surface area contributed by atoms with Crippen molar-refractivity contribution in [3.63, 3.8) is 0 Å². The minimum Gasteiger partial charge on any atom is -0.380 e. The molecule has 1 aromatic carbocycles. The summed E-state index contributed by atoms with van der Waals surface area (Å²) >= 11 is 2.31. The van der Waals surface area contributed by atoms with Crippen molar-refractivity contribution in [3.05, 3.63) is 40.5 Å². The van der Waals surface area contributed by atoms with Crippen LogP contribution in [0.1, 0.15) is 19.8 Å². The second-order valence-electron chi connectivity index (χ2n) is 7.79. The van der Waals surface area contributed by atoms with Crippen LogP contribution in [0.4, 0.5) is 0 Å². The van der Waals surface area contributed by atoms with Gasteiger partial charge in [0, 0.05) is 26.0 Å². The first-order valence-electron chi connectivity index (χ1n) is 10.7. The van der Waals surface area contributed by atoms with Crippen molar-refractivity contribution in [2.24, 2.45) is 4.99 Å². The monoisotopic (exact) mass is 543 g/mol. The van der Waals surface area contributed by atoms with E-state index in [1.54, 1.807) is 23.6 Å². The van der Waals surface area contributed by atoms with E-state index in [2.05, 4.69) is 4.99 Å². The van der Waals surface area contributed by atoms with E-state index in [4.69, 9.17) is 4.74 Å². The largest absolute Gasteiger partial charge is 0.380 e. The number of sulfonamides is 1. The smallest absolute Gasteiger partial charge is 0.266 e. The molecule has 1 fully saturated rings. The summed E-state index contributed by atoms with van der Waals surface area (Å²) < 4.78 is 59.5. The number of amides is 1. The van der Waals surface area contributed by atoms with E-state index < -0.39 is 31.8 Å². The average molecular weight is 544 g/mol. The highest BCUT2D eigenvalue weighted by molar-refractivity contribution is 7.91. The number of rotatable bonds is 8. The van der Waals surface area contributed by atoms with Crippen molar-refractivity contribution in [1.29, 1.82) is 0 Å². The van der Waals surface area contributed by atoms with Gasteiger partial charge in [0.25, 0.3) is 15.9 Å². The maximum Gasteiger partial charge on any atom is 0.266 e. The molecule has 0 bridgehead atoms. The molecule has 1 amide bonds. The minimum atomic E-state index is -3.78. The van der Waals surface area contributed by atoms with Gasteiger partial charge in [-0.05, 0) is 49.4 Å². The zero-order valence-corrected chi connectivity index (χ0v) is 22.0. The molecule has 4 rings (SSSR count). The molecular formula is C21H25N3O6S4. The molecule has 1 atom stereocenters. The molecule has 1 aliphatic rings. The second kappa shape index (κ2) is 9.99. The van der Waals surface area contributed by atoms with Gasteiger partial charge in [-0.1, -0.05) is 17.4 Å². The Labute approximate surface area is 206 Å². The standard InChI is InChI=1S/C21H25N3O6S4/c1-3-30-12-11-23-16-9-8-15(33(2,26)27)14-18(16)32-21(23)22-20(25)17-6-4-10-24(17)34(28,29)19-7-5-13-31-19/h5,7-9,13-14,17H,3-4,6,10-12H2,1-2H3. The fourth-order valence-corrected chi connectivity index (χ4v) is 8.45. The Morgan fingerprint density at radius 3 is 2.71 bits per heavy atom. The second-order valence-corrected chi connectivity index (χ2v) is 13.9. The Balaban J connectivity index is 1.75. The zero-order valence-electron chi connectivity index (χ0n) is 18.7. The Hall–Kier alpha value is -1.90. The normalized spacial score (nSPS) is 18.2. The summed E-state index contributed by atoms with van der Waals surface area (Å²) in [5, 5.41) is 1.69. The first kappa shape index (κ1) is 25.2. The van der Waals surface area contributed by atoms with Gasteiger partial charge in [0.05, 0.1) is 21.7 Å². The van der Waals surface area contributed by atoms with Crippen LogP contribution in [-0.4, -0.2) is 63.7 Å². The van der Waals surface area contributed by atoms with Crippen molar-refractivity contribution >= 4 is 58.7 Å². The summed E-state index contributed by atoms with van der Waals surface area (Å²) in [6.45, 7) is 3.48. The third kappa shape index (κ3) is 5.04. The van der Waals surface area contributed by atoms with E-state index in [0.717, 1.165) is 23.1 Å². The molecule has 13 heteroatoms.